The van der Waals surface area contributed by atoms with Crippen molar-refractivity contribution >= 4 is 23.3 Å². The first-order valence-corrected chi connectivity index (χ1v) is 10.4. The molecule has 1 amide bonds. The van der Waals surface area contributed by atoms with Crippen LogP contribution in [0.2, 0.25) is 0 Å². The van der Waals surface area contributed by atoms with Crippen molar-refractivity contribution < 1.29 is 19.4 Å². The number of aromatic amines is 1. The molecule has 9 heteroatoms. The van der Waals surface area contributed by atoms with Crippen molar-refractivity contribution in [3.63, 3.8) is 0 Å². The molecule has 0 bridgehead atoms. The smallest absolute Gasteiger partial charge is 0.307 e. The third-order valence-electron chi connectivity index (χ3n) is 5.07. The van der Waals surface area contributed by atoms with Gasteiger partial charge < -0.3 is 25.9 Å². The van der Waals surface area contributed by atoms with Crippen LogP contribution in [0, 0.1) is 5.41 Å². The Balaban J connectivity index is 2.17. The van der Waals surface area contributed by atoms with E-state index >= 15 is 0 Å². The first-order chi connectivity index (χ1) is 14.8. The third kappa shape index (κ3) is 4.87. The molecule has 0 unspecified atom stereocenters. The molecule has 0 radical (unpaired) electrons. The zero-order valence-electron chi connectivity index (χ0n) is 19.4. The van der Waals surface area contributed by atoms with Crippen LogP contribution in [-0.2, 0) is 11.2 Å². The van der Waals surface area contributed by atoms with Gasteiger partial charge in [-0.05, 0) is 31.7 Å². The summed E-state index contributed by atoms with van der Waals surface area (Å²) in [6.45, 7) is 10.7. The monoisotopic (exact) mass is 441 g/mol. The largest absolute Gasteiger partial charge is 0.496 e. The first-order valence-electron chi connectivity index (χ1n) is 10.4. The van der Waals surface area contributed by atoms with Gasteiger partial charge in [0, 0.05) is 16.7 Å². The molecule has 2 aromatic heterocycles. The SMILES string of the molecule is COc1cc(-c2[nH]c3c(C(N)=O)cnn3c2NC(C)(C)CC(C)(C)C)ccc1CC(=O)O. The second-order valence-corrected chi connectivity index (χ2v) is 9.87. The number of fused-ring (bicyclic) bond motifs is 1. The molecule has 0 aliphatic heterocycles. The number of hydrogen-bond acceptors (Lipinski definition) is 5. The number of primary amides is 1. The molecular formula is C23H31N5O4. The van der Waals surface area contributed by atoms with Gasteiger partial charge in [0.1, 0.15) is 17.0 Å². The van der Waals surface area contributed by atoms with Crippen molar-refractivity contribution in [2.75, 3.05) is 12.4 Å². The summed E-state index contributed by atoms with van der Waals surface area (Å²) in [5.41, 5.74) is 8.10. The number of nitrogens with one attached hydrogen (secondary N) is 2. The molecule has 0 spiro atoms. The Morgan fingerprint density at radius 3 is 2.50 bits per heavy atom. The van der Waals surface area contributed by atoms with Crippen LogP contribution in [0.25, 0.3) is 16.9 Å². The lowest BCUT2D eigenvalue weighted by molar-refractivity contribution is -0.136. The molecule has 32 heavy (non-hydrogen) atoms. The van der Waals surface area contributed by atoms with Crippen molar-refractivity contribution in [2.24, 2.45) is 11.1 Å². The van der Waals surface area contributed by atoms with Gasteiger partial charge in [0.2, 0.25) is 0 Å². The number of aliphatic carboxylic acids is 1. The maximum absolute atomic E-state index is 11.9. The Morgan fingerprint density at radius 2 is 1.94 bits per heavy atom. The average Bonchev–Trinajstić information content (AvgIpc) is 3.19. The number of carboxylic acids is 1. The maximum Gasteiger partial charge on any atom is 0.307 e. The Labute approximate surface area is 187 Å². The van der Waals surface area contributed by atoms with E-state index in [4.69, 9.17) is 15.6 Å². The van der Waals surface area contributed by atoms with Crippen LogP contribution < -0.4 is 15.8 Å². The van der Waals surface area contributed by atoms with E-state index < -0.39 is 11.9 Å². The number of benzene rings is 1. The van der Waals surface area contributed by atoms with Crippen molar-refractivity contribution in [1.82, 2.24) is 14.6 Å². The Hall–Kier alpha value is -3.49. The number of anilines is 1. The summed E-state index contributed by atoms with van der Waals surface area (Å²) in [4.78, 5) is 26.4. The Bertz CT molecular complexity index is 1170. The lowest BCUT2D eigenvalue weighted by Gasteiger charge is -2.34. The predicted molar refractivity (Wildman–Crippen MR) is 123 cm³/mol. The zero-order chi connectivity index (χ0) is 23.8. The summed E-state index contributed by atoms with van der Waals surface area (Å²) in [6.07, 6.45) is 2.17. The second-order valence-electron chi connectivity index (χ2n) is 9.87. The minimum atomic E-state index is -0.938. The number of carboxylic acid groups (broad SMARTS) is 1. The van der Waals surface area contributed by atoms with E-state index in [0.717, 1.165) is 12.0 Å². The van der Waals surface area contributed by atoms with E-state index in [1.54, 1.807) is 16.6 Å². The molecule has 0 fully saturated rings. The fourth-order valence-corrected chi connectivity index (χ4v) is 4.33. The lowest BCUT2D eigenvalue weighted by Crippen LogP contribution is -2.36. The van der Waals surface area contributed by atoms with Crippen LogP contribution in [0.3, 0.4) is 0 Å². The molecule has 9 nitrogen and oxygen atoms in total. The van der Waals surface area contributed by atoms with Crippen molar-refractivity contribution in [3.05, 3.63) is 35.5 Å². The van der Waals surface area contributed by atoms with Crippen molar-refractivity contribution in [2.45, 2.75) is 53.0 Å². The summed E-state index contributed by atoms with van der Waals surface area (Å²) in [6, 6.07) is 5.32. The highest BCUT2D eigenvalue weighted by Gasteiger charge is 2.29. The number of H-pyrrole nitrogens is 1. The summed E-state index contributed by atoms with van der Waals surface area (Å²) < 4.78 is 7.07. The number of amides is 1. The lowest BCUT2D eigenvalue weighted by atomic mass is 9.82. The van der Waals surface area contributed by atoms with Gasteiger partial charge in [-0.15, -0.1) is 0 Å². The van der Waals surface area contributed by atoms with Crippen LogP contribution >= 0.6 is 0 Å². The van der Waals surface area contributed by atoms with Crippen molar-refractivity contribution in [1.29, 1.82) is 0 Å². The zero-order valence-corrected chi connectivity index (χ0v) is 19.4. The van der Waals surface area contributed by atoms with Gasteiger partial charge in [0.05, 0.1) is 25.4 Å². The van der Waals surface area contributed by atoms with Crippen LogP contribution in [0.15, 0.2) is 24.4 Å². The minimum Gasteiger partial charge on any atom is -0.496 e. The first kappa shape index (κ1) is 23.2. The van der Waals surface area contributed by atoms with Gasteiger partial charge >= 0.3 is 5.97 Å². The number of hydrogen-bond donors (Lipinski definition) is 4. The molecule has 5 N–H and O–H groups in total. The number of imidazole rings is 1. The normalized spacial score (nSPS) is 12.2. The number of nitrogens with two attached hydrogens (primary N) is 1. The molecule has 0 atom stereocenters. The number of aromatic nitrogens is 3. The van der Waals surface area contributed by atoms with Crippen LogP contribution in [0.5, 0.6) is 5.75 Å². The summed E-state index contributed by atoms with van der Waals surface area (Å²) >= 11 is 0. The number of methoxy groups -OCH3 is 1. The molecule has 3 rings (SSSR count). The van der Waals surface area contributed by atoms with Crippen LogP contribution in [0.1, 0.15) is 57.0 Å². The van der Waals surface area contributed by atoms with Gasteiger partial charge in [-0.25, -0.2) is 0 Å². The number of rotatable bonds is 8. The van der Waals surface area contributed by atoms with Crippen LogP contribution in [0.4, 0.5) is 5.82 Å². The van der Waals surface area contributed by atoms with E-state index in [-0.39, 0.29) is 22.9 Å². The van der Waals surface area contributed by atoms with Crippen molar-refractivity contribution in [3.8, 4) is 17.0 Å². The van der Waals surface area contributed by atoms with Gasteiger partial charge in [-0.1, -0.05) is 32.9 Å². The maximum atomic E-state index is 11.9. The summed E-state index contributed by atoms with van der Waals surface area (Å²) in [7, 11) is 1.50. The quantitative estimate of drug-likeness (QED) is 0.421. The van der Waals surface area contributed by atoms with E-state index in [2.05, 4.69) is 50.0 Å². The summed E-state index contributed by atoms with van der Waals surface area (Å²) in [5, 5.41) is 17.1. The number of ether oxygens (including phenoxy) is 1. The molecule has 0 aliphatic rings. The van der Waals surface area contributed by atoms with Crippen LogP contribution in [-0.4, -0.2) is 44.2 Å². The van der Waals surface area contributed by atoms with Gasteiger partial charge in [0.15, 0.2) is 5.82 Å². The fourth-order valence-electron chi connectivity index (χ4n) is 4.33. The number of carbonyl (C=O) groups is 2. The average molecular weight is 442 g/mol. The third-order valence-corrected chi connectivity index (χ3v) is 5.07. The molecule has 2 heterocycles. The van der Waals surface area contributed by atoms with E-state index in [0.29, 0.717) is 28.5 Å². The molecule has 3 aromatic rings. The number of carbonyl (C=O) groups excluding carboxylic acids is 1. The van der Waals surface area contributed by atoms with E-state index in [1.807, 2.05) is 6.07 Å². The highest BCUT2D eigenvalue weighted by atomic mass is 16.5. The van der Waals surface area contributed by atoms with Gasteiger partial charge in [-0.2, -0.15) is 9.61 Å². The highest BCUT2D eigenvalue weighted by Crippen LogP contribution is 2.37. The van der Waals surface area contributed by atoms with Gasteiger partial charge in [-0.3, -0.25) is 9.59 Å². The topological polar surface area (TPSA) is 135 Å². The van der Waals surface area contributed by atoms with E-state index in [9.17, 15) is 9.59 Å². The molecule has 1 aromatic carbocycles. The Kier molecular flexibility index (Phi) is 5.95. The molecule has 172 valence electrons. The molecule has 0 saturated heterocycles. The van der Waals surface area contributed by atoms with Gasteiger partial charge in [0.25, 0.3) is 5.91 Å². The minimum absolute atomic E-state index is 0.0797. The Morgan fingerprint density at radius 1 is 1.25 bits per heavy atom. The predicted octanol–water partition coefficient (Wildman–Crippen LogP) is 3.69. The fraction of sp³-hybridized carbons (Fsp3) is 0.435. The molecule has 0 saturated carbocycles. The molecular weight excluding hydrogens is 410 g/mol. The molecule has 0 aliphatic carbocycles. The second kappa shape index (κ2) is 8.22. The standard InChI is InChI=1S/C23H31N5O4/c1-22(2,3)12-23(4,5)27-21-18(26-20-15(19(24)31)11-25-28(20)21)14-8-7-13(10-17(29)30)16(9-14)32-6/h7-9,11,26-27H,10,12H2,1-6H3,(H2,24,31)(H,29,30). The number of nitrogens with zero attached hydrogens (tertiary/aromatic N) is 2. The summed E-state index contributed by atoms with van der Waals surface area (Å²) in [5.74, 6) is -0.378. The highest BCUT2D eigenvalue weighted by molar-refractivity contribution is 5.99. The van der Waals surface area contributed by atoms with E-state index in [1.165, 1.54) is 13.3 Å².